The van der Waals surface area contributed by atoms with Gasteiger partial charge in [-0.2, -0.15) is 13.2 Å². The number of rotatable bonds is 0. The van der Waals surface area contributed by atoms with E-state index in [9.17, 15) is 26.3 Å². The topological polar surface area (TPSA) is 0 Å². The molecule has 0 aliphatic heterocycles. The molecule has 0 N–H and O–H groups in total. The van der Waals surface area contributed by atoms with Crippen molar-refractivity contribution >= 4 is 11.6 Å². The molecule has 1 aliphatic carbocycles. The van der Waals surface area contributed by atoms with Crippen molar-refractivity contribution in [2.24, 2.45) is 0 Å². The van der Waals surface area contributed by atoms with E-state index in [0.29, 0.717) is 0 Å². The summed E-state index contributed by atoms with van der Waals surface area (Å²) in [5, 5.41) is -2.78. The Morgan fingerprint density at radius 2 is 1.36 bits per heavy atom. The molecule has 0 radical (unpaired) electrons. The van der Waals surface area contributed by atoms with Crippen molar-refractivity contribution < 1.29 is 26.3 Å². The van der Waals surface area contributed by atoms with Crippen LogP contribution in [0.15, 0.2) is 0 Å². The minimum absolute atomic E-state index is 2.78. The van der Waals surface area contributed by atoms with Crippen LogP contribution in [0, 0.1) is 0 Å². The van der Waals surface area contributed by atoms with E-state index >= 15 is 0 Å². The first-order valence-corrected chi connectivity index (χ1v) is 2.87. The van der Waals surface area contributed by atoms with Gasteiger partial charge in [-0.1, -0.05) is 0 Å². The minimum Gasteiger partial charge on any atom is -0.225 e. The summed E-state index contributed by atoms with van der Waals surface area (Å²) < 4.78 is 70.2. The van der Waals surface area contributed by atoms with E-state index in [0.717, 1.165) is 0 Å². The normalized spacial score (nSPS) is 42.3. The average molecular weight is 198 g/mol. The third-order valence-electron chi connectivity index (χ3n) is 1.48. The van der Waals surface area contributed by atoms with Gasteiger partial charge in [-0.3, -0.25) is 0 Å². The van der Waals surface area contributed by atoms with E-state index in [2.05, 4.69) is 11.6 Å². The van der Waals surface area contributed by atoms with E-state index in [1.807, 2.05) is 0 Å². The van der Waals surface area contributed by atoms with Crippen LogP contribution in [0.4, 0.5) is 26.3 Å². The lowest BCUT2D eigenvalue weighted by Crippen LogP contribution is -2.33. The summed E-state index contributed by atoms with van der Waals surface area (Å²) in [5.74, 6) is -4.48. The molecule has 0 aromatic carbocycles. The SMILES string of the molecule is FC(F)(F)C1(F)C(Cl)C1(F)F. The standard InChI is InChI=1S/C4HClF6/c5-1-2(6,3(1,7)8)4(9,10)11/h1H. The molecule has 0 spiro atoms. The van der Waals surface area contributed by atoms with Gasteiger partial charge in [0.2, 0.25) is 0 Å². The first kappa shape index (κ1) is 8.96. The number of hydrogen-bond donors (Lipinski definition) is 0. The average Bonchev–Trinajstić information content (AvgIpc) is 2.14. The van der Waals surface area contributed by atoms with Crippen molar-refractivity contribution in [1.82, 2.24) is 0 Å². The van der Waals surface area contributed by atoms with Crippen molar-refractivity contribution in [3.8, 4) is 0 Å². The molecule has 0 amide bonds. The van der Waals surface area contributed by atoms with Gasteiger partial charge in [0.15, 0.2) is 5.38 Å². The zero-order valence-electron chi connectivity index (χ0n) is 4.72. The summed E-state index contributed by atoms with van der Waals surface area (Å²) in [6.45, 7) is 0. The largest absolute Gasteiger partial charge is 0.430 e. The van der Waals surface area contributed by atoms with Gasteiger partial charge >= 0.3 is 12.1 Å². The summed E-state index contributed by atoms with van der Waals surface area (Å²) in [5.41, 5.74) is -4.53. The minimum atomic E-state index is -5.59. The molecule has 1 aliphatic rings. The monoisotopic (exact) mass is 198 g/mol. The third kappa shape index (κ3) is 0.787. The highest BCUT2D eigenvalue weighted by Crippen LogP contribution is 2.66. The van der Waals surface area contributed by atoms with Gasteiger partial charge in [0, 0.05) is 0 Å². The van der Waals surface area contributed by atoms with Gasteiger partial charge in [0.05, 0.1) is 0 Å². The van der Waals surface area contributed by atoms with E-state index < -0.39 is 23.1 Å². The van der Waals surface area contributed by atoms with Gasteiger partial charge in [0.1, 0.15) is 0 Å². The maximum atomic E-state index is 12.2. The highest BCUT2D eigenvalue weighted by Gasteiger charge is 2.93. The van der Waals surface area contributed by atoms with E-state index in [4.69, 9.17) is 0 Å². The molecule has 0 saturated heterocycles. The van der Waals surface area contributed by atoms with Crippen molar-refractivity contribution in [1.29, 1.82) is 0 Å². The van der Waals surface area contributed by atoms with Crippen LogP contribution in [-0.4, -0.2) is 23.1 Å². The maximum absolute atomic E-state index is 12.2. The smallest absolute Gasteiger partial charge is 0.225 e. The summed E-state index contributed by atoms with van der Waals surface area (Å²) in [6.07, 6.45) is -5.59. The summed E-state index contributed by atoms with van der Waals surface area (Å²) in [4.78, 5) is 0. The van der Waals surface area contributed by atoms with Gasteiger partial charge in [0.25, 0.3) is 5.67 Å². The Balaban J connectivity index is 2.92. The molecule has 1 saturated carbocycles. The second kappa shape index (κ2) is 1.78. The predicted molar refractivity (Wildman–Crippen MR) is 24.5 cm³/mol. The van der Waals surface area contributed by atoms with Gasteiger partial charge in [-0.25, -0.2) is 13.2 Å². The first-order valence-electron chi connectivity index (χ1n) is 2.43. The lowest BCUT2D eigenvalue weighted by molar-refractivity contribution is -0.216. The highest BCUT2D eigenvalue weighted by atomic mass is 35.5. The molecule has 11 heavy (non-hydrogen) atoms. The molecule has 2 unspecified atom stereocenters. The zero-order chi connectivity index (χ0) is 9.08. The molecule has 7 heteroatoms. The molecule has 0 aromatic heterocycles. The highest BCUT2D eigenvalue weighted by molar-refractivity contribution is 6.25. The van der Waals surface area contributed by atoms with Gasteiger partial charge in [-0.15, -0.1) is 11.6 Å². The molecule has 2 atom stereocenters. The fourth-order valence-electron chi connectivity index (χ4n) is 0.667. The third-order valence-corrected chi connectivity index (χ3v) is 2.06. The van der Waals surface area contributed by atoms with Crippen molar-refractivity contribution in [2.45, 2.75) is 23.1 Å². The molecular weight excluding hydrogens is 197 g/mol. The Labute approximate surface area is 62.1 Å². The molecule has 0 nitrogen and oxygen atoms in total. The fourth-order valence-corrected chi connectivity index (χ4v) is 1.03. The van der Waals surface area contributed by atoms with Gasteiger partial charge < -0.3 is 0 Å². The van der Waals surface area contributed by atoms with Crippen molar-refractivity contribution in [3.63, 3.8) is 0 Å². The molecule has 0 heterocycles. The Bertz CT molecular complexity index is 173. The van der Waals surface area contributed by atoms with E-state index in [1.54, 1.807) is 0 Å². The van der Waals surface area contributed by atoms with Crippen LogP contribution >= 0.6 is 11.6 Å². The second-order valence-corrected chi connectivity index (χ2v) is 2.63. The number of halogens is 7. The fraction of sp³-hybridized carbons (Fsp3) is 1.00. The second-order valence-electron chi connectivity index (χ2n) is 2.20. The van der Waals surface area contributed by atoms with E-state index in [-0.39, 0.29) is 0 Å². The quantitative estimate of drug-likeness (QED) is 0.414. The molecule has 0 bridgehead atoms. The zero-order valence-corrected chi connectivity index (χ0v) is 5.48. The van der Waals surface area contributed by atoms with Crippen LogP contribution in [0.5, 0.6) is 0 Å². The van der Waals surface area contributed by atoms with Crippen LogP contribution in [0.1, 0.15) is 0 Å². The van der Waals surface area contributed by atoms with Crippen LogP contribution in [0.3, 0.4) is 0 Å². The van der Waals surface area contributed by atoms with Crippen molar-refractivity contribution in [3.05, 3.63) is 0 Å². The number of alkyl halides is 7. The Morgan fingerprint density at radius 1 is 1.09 bits per heavy atom. The van der Waals surface area contributed by atoms with Crippen LogP contribution in [0.2, 0.25) is 0 Å². The van der Waals surface area contributed by atoms with Gasteiger partial charge in [-0.05, 0) is 0 Å². The Kier molecular flexibility index (Phi) is 1.45. The summed E-state index contributed by atoms with van der Waals surface area (Å²) in [7, 11) is 0. The summed E-state index contributed by atoms with van der Waals surface area (Å²) >= 11 is 4.42. The van der Waals surface area contributed by atoms with Crippen molar-refractivity contribution in [2.75, 3.05) is 0 Å². The predicted octanol–water partition coefficient (Wildman–Crippen LogP) is 2.51. The maximum Gasteiger partial charge on any atom is 0.430 e. The molecular formula is C4HClF6. The molecule has 1 rings (SSSR count). The number of hydrogen-bond acceptors (Lipinski definition) is 0. The lowest BCUT2D eigenvalue weighted by atomic mass is 10.3. The van der Waals surface area contributed by atoms with Crippen LogP contribution in [-0.2, 0) is 0 Å². The summed E-state index contributed by atoms with van der Waals surface area (Å²) in [6, 6.07) is 0. The molecule has 1 fully saturated rings. The molecule has 66 valence electrons. The van der Waals surface area contributed by atoms with Crippen LogP contribution in [0.25, 0.3) is 0 Å². The Morgan fingerprint density at radius 3 is 1.36 bits per heavy atom. The van der Waals surface area contributed by atoms with Crippen LogP contribution < -0.4 is 0 Å². The Hall–Kier alpha value is -0.130. The first-order chi connectivity index (χ1) is 4.65. The lowest BCUT2D eigenvalue weighted by Gasteiger charge is -2.09. The molecule has 0 aromatic rings. The van der Waals surface area contributed by atoms with E-state index in [1.165, 1.54) is 0 Å².